The fourth-order valence-corrected chi connectivity index (χ4v) is 1.96. The van der Waals surface area contributed by atoms with Gasteiger partial charge in [0.15, 0.2) is 0 Å². The first kappa shape index (κ1) is 17.0. The molecule has 23 heavy (non-hydrogen) atoms. The van der Waals surface area contributed by atoms with Gasteiger partial charge in [0.1, 0.15) is 17.1 Å². The molecule has 0 aliphatic rings. The van der Waals surface area contributed by atoms with Crippen LogP contribution >= 0.6 is 11.6 Å². The average molecular weight is 327 g/mol. The van der Waals surface area contributed by atoms with Crippen molar-refractivity contribution in [3.63, 3.8) is 0 Å². The molecule has 0 amide bonds. The van der Waals surface area contributed by atoms with E-state index in [9.17, 15) is 0 Å². The molecule has 118 valence electrons. The van der Waals surface area contributed by atoms with Gasteiger partial charge in [-0.3, -0.25) is 0 Å². The van der Waals surface area contributed by atoms with E-state index in [-0.39, 0.29) is 0 Å². The molecular formula is C20H19ClO2. The van der Waals surface area contributed by atoms with Gasteiger partial charge in [-0.15, -0.1) is 0 Å². The Morgan fingerprint density at radius 2 is 1.57 bits per heavy atom. The lowest BCUT2D eigenvalue weighted by atomic mass is 9.99. The summed E-state index contributed by atoms with van der Waals surface area (Å²) in [6.07, 6.45) is 0. The van der Waals surface area contributed by atoms with Gasteiger partial charge in [-0.05, 0) is 62.4 Å². The zero-order valence-corrected chi connectivity index (χ0v) is 14.3. The summed E-state index contributed by atoms with van der Waals surface area (Å²) in [5.41, 5.74) is 0.991. The van der Waals surface area contributed by atoms with E-state index >= 15 is 0 Å². The summed E-state index contributed by atoms with van der Waals surface area (Å²) < 4.78 is 11.1. The van der Waals surface area contributed by atoms with Gasteiger partial charge in [-0.1, -0.05) is 30.0 Å². The Hall–Kier alpha value is -2.37. The smallest absolute Gasteiger partial charge is 0.135 e. The SMILES string of the molecule is C=C(C#Cc1ccc(OC)cc1)C(C)(C)Oc1ccc(Cl)cc1. The molecule has 0 radical (unpaired) electrons. The summed E-state index contributed by atoms with van der Waals surface area (Å²) in [5.74, 6) is 7.70. The van der Waals surface area contributed by atoms with Crippen LogP contribution in [0.3, 0.4) is 0 Å². The van der Waals surface area contributed by atoms with Gasteiger partial charge < -0.3 is 9.47 Å². The number of benzene rings is 2. The second-order valence-corrected chi connectivity index (χ2v) is 5.96. The molecule has 0 aliphatic heterocycles. The summed E-state index contributed by atoms with van der Waals surface area (Å²) >= 11 is 5.88. The molecule has 3 heteroatoms. The second-order valence-electron chi connectivity index (χ2n) is 5.52. The zero-order chi connectivity index (χ0) is 16.9. The maximum absolute atomic E-state index is 5.96. The number of halogens is 1. The molecule has 2 aromatic rings. The van der Waals surface area contributed by atoms with E-state index in [2.05, 4.69) is 18.4 Å². The molecule has 0 N–H and O–H groups in total. The minimum Gasteiger partial charge on any atom is -0.497 e. The number of rotatable bonds is 4. The molecule has 0 unspecified atom stereocenters. The van der Waals surface area contributed by atoms with E-state index in [1.807, 2.05) is 50.2 Å². The van der Waals surface area contributed by atoms with Crippen molar-refractivity contribution >= 4 is 11.6 Å². The van der Waals surface area contributed by atoms with Crippen molar-refractivity contribution in [2.45, 2.75) is 19.4 Å². The highest BCUT2D eigenvalue weighted by molar-refractivity contribution is 6.30. The summed E-state index contributed by atoms with van der Waals surface area (Å²) in [6, 6.07) is 14.8. The van der Waals surface area contributed by atoms with Gasteiger partial charge in [0.25, 0.3) is 0 Å². The van der Waals surface area contributed by atoms with Crippen LogP contribution in [-0.2, 0) is 0 Å². The summed E-state index contributed by atoms with van der Waals surface area (Å²) in [4.78, 5) is 0. The van der Waals surface area contributed by atoms with Crippen LogP contribution in [-0.4, -0.2) is 12.7 Å². The van der Waals surface area contributed by atoms with Gasteiger partial charge in [-0.25, -0.2) is 0 Å². The molecule has 0 atom stereocenters. The van der Waals surface area contributed by atoms with Crippen molar-refractivity contribution in [2.75, 3.05) is 7.11 Å². The molecule has 0 saturated heterocycles. The second kappa shape index (κ2) is 7.26. The third-order valence-corrected chi connectivity index (χ3v) is 3.61. The van der Waals surface area contributed by atoms with Crippen LogP contribution < -0.4 is 9.47 Å². The molecule has 0 fully saturated rings. The van der Waals surface area contributed by atoms with Crippen molar-refractivity contribution in [1.29, 1.82) is 0 Å². The lowest BCUT2D eigenvalue weighted by molar-refractivity contribution is 0.154. The van der Waals surface area contributed by atoms with Crippen molar-refractivity contribution in [3.05, 3.63) is 71.3 Å². The van der Waals surface area contributed by atoms with Gasteiger partial charge in [0.05, 0.1) is 7.11 Å². The zero-order valence-electron chi connectivity index (χ0n) is 13.5. The van der Waals surface area contributed by atoms with E-state index in [4.69, 9.17) is 21.1 Å². The highest BCUT2D eigenvalue weighted by Crippen LogP contribution is 2.25. The minimum atomic E-state index is -0.604. The van der Waals surface area contributed by atoms with Crippen molar-refractivity contribution in [3.8, 4) is 23.3 Å². The Balaban J connectivity index is 2.08. The summed E-state index contributed by atoms with van der Waals surface area (Å²) in [5, 5.41) is 0.674. The fraction of sp³-hybridized carbons (Fsp3) is 0.200. The molecule has 2 rings (SSSR count). The van der Waals surface area contributed by atoms with Gasteiger partial charge in [-0.2, -0.15) is 0 Å². The van der Waals surface area contributed by atoms with Gasteiger partial charge in [0, 0.05) is 16.2 Å². The van der Waals surface area contributed by atoms with Crippen molar-refractivity contribution in [2.24, 2.45) is 0 Å². The molecule has 2 nitrogen and oxygen atoms in total. The third kappa shape index (κ3) is 4.81. The van der Waals surface area contributed by atoms with Crippen molar-refractivity contribution < 1.29 is 9.47 Å². The molecular weight excluding hydrogens is 308 g/mol. The Morgan fingerprint density at radius 1 is 1.00 bits per heavy atom. The van der Waals surface area contributed by atoms with E-state index in [0.29, 0.717) is 10.6 Å². The minimum absolute atomic E-state index is 0.604. The predicted octanol–water partition coefficient (Wildman–Crippen LogP) is 5.11. The van der Waals surface area contributed by atoms with Crippen LogP contribution in [0.25, 0.3) is 0 Å². The molecule has 2 aromatic carbocycles. The fourth-order valence-electron chi connectivity index (χ4n) is 1.83. The van der Waals surface area contributed by atoms with Crippen molar-refractivity contribution in [1.82, 2.24) is 0 Å². The monoisotopic (exact) mass is 326 g/mol. The average Bonchev–Trinajstić information content (AvgIpc) is 2.55. The van der Waals surface area contributed by atoms with Crippen LogP contribution in [0.1, 0.15) is 19.4 Å². The highest BCUT2D eigenvalue weighted by atomic mass is 35.5. The largest absolute Gasteiger partial charge is 0.497 e. The standard InChI is InChI=1S/C20H19ClO2/c1-15(5-6-16-7-11-18(22-4)12-8-16)20(2,3)23-19-13-9-17(21)10-14-19/h7-14H,1H2,2-4H3. The predicted molar refractivity (Wildman–Crippen MR) is 95.2 cm³/mol. The Morgan fingerprint density at radius 3 is 2.13 bits per heavy atom. The Bertz CT molecular complexity index is 732. The lowest BCUT2D eigenvalue weighted by Crippen LogP contribution is -2.29. The quantitative estimate of drug-likeness (QED) is 0.726. The van der Waals surface area contributed by atoms with E-state index in [1.165, 1.54) is 0 Å². The van der Waals surface area contributed by atoms with Gasteiger partial charge >= 0.3 is 0 Å². The first-order valence-corrected chi connectivity index (χ1v) is 7.58. The summed E-state index contributed by atoms with van der Waals surface area (Å²) in [7, 11) is 1.64. The highest BCUT2D eigenvalue weighted by Gasteiger charge is 2.22. The topological polar surface area (TPSA) is 18.5 Å². The molecule has 0 saturated carbocycles. The number of hydrogen-bond donors (Lipinski definition) is 0. The number of hydrogen-bond acceptors (Lipinski definition) is 2. The van der Waals surface area contributed by atoms with Crippen LogP contribution in [0.5, 0.6) is 11.5 Å². The molecule has 0 aliphatic carbocycles. The Kier molecular flexibility index (Phi) is 5.36. The van der Waals surface area contributed by atoms with E-state index < -0.39 is 5.60 Å². The normalized spacial score (nSPS) is 10.4. The van der Waals surface area contributed by atoms with Crippen LogP contribution in [0.4, 0.5) is 0 Å². The molecule has 0 heterocycles. The first-order chi connectivity index (χ1) is 10.9. The number of ether oxygens (including phenoxy) is 2. The molecule has 0 aromatic heterocycles. The van der Waals surface area contributed by atoms with E-state index in [1.54, 1.807) is 19.2 Å². The third-order valence-electron chi connectivity index (χ3n) is 3.36. The van der Waals surface area contributed by atoms with Gasteiger partial charge in [0.2, 0.25) is 0 Å². The lowest BCUT2D eigenvalue weighted by Gasteiger charge is -2.26. The van der Waals surface area contributed by atoms with Crippen LogP contribution in [0.2, 0.25) is 5.02 Å². The van der Waals surface area contributed by atoms with Crippen LogP contribution in [0.15, 0.2) is 60.7 Å². The van der Waals surface area contributed by atoms with E-state index in [0.717, 1.165) is 17.1 Å². The summed E-state index contributed by atoms with van der Waals surface area (Å²) in [6.45, 7) is 7.91. The first-order valence-electron chi connectivity index (χ1n) is 7.21. The van der Waals surface area contributed by atoms with Crippen LogP contribution in [0, 0.1) is 11.8 Å². The molecule has 0 spiro atoms. The maximum atomic E-state index is 5.96. The Labute approximate surface area is 142 Å². The number of methoxy groups -OCH3 is 1. The molecule has 0 bridgehead atoms. The maximum Gasteiger partial charge on any atom is 0.135 e.